The smallest absolute Gasteiger partial charge is 0.133 e. The normalized spacial score (nSPS) is 17.0. The molecule has 1 fully saturated rings. The fraction of sp³-hybridized carbons (Fsp3) is 0.471. The lowest BCUT2D eigenvalue weighted by molar-refractivity contribution is 0.368. The highest BCUT2D eigenvalue weighted by Gasteiger charge is 2.32. The van der Waals surface area contributed by atoms with Crippen LogP contribution in [-0.2, 0) is 0 Å². The molecule has 1 saturated carbocycles. The summed E-state index contributed by atoms with van der Waals surface area (Å²) in [5, 5.41) is 5.79. The van der Waals surface area contributed by atoms with Crippen LogP contribution in [-0.4, -0.2) is 24.5 Å². The summed E-state index contributed by atoms with van der Waals surface area (Å²) < 4.78 is 5.28. The molecule has 21 heavy (non-hydrogen) atoms. The molecule has 0 bridgehead atoms. The van der Waals surface area contributed by atoms with Crippen LogP contribution in [0.1, 0.15) is 25.7 Å². The van der Waals surface area contributed by atoms with Gasteiger partial charge in [-0.1, -0.05) is 12.8 Å². The molecule has 1 heterocycles. The van der Waals surface area contributed by atoms with Crippen molar-refractivity contribution in [3.63, 3.8) is 0 Å². The van der Waals surface area contributed by atoms with Crippen molar-refractivity contribution in [3.8, 4) is 5.75 Å². The molecule has 0 spiro atoms. The van der Waals surface area contributed by atoms with Crippen molar-refractivity contribution in [1.29, 1.82) is 0 Å². The Hall–Kier alpha value is -1.48. The first-order valence-corrected chi connectivity index (χ1v) is 8.02. The fourth-order valence-corrected chi connectivity index (χ4v) is 3.54. The van der Waals surface area contributed by atoms with Crippen LogP contribution in [0.5, 0.6) is 5.75 Å². The Labute approximate surface area is 130 Å². The van der Waals surface area contributed by atoms with Crippen LogP contribution in [0, 0.1) is 5.41 Å². The third kappa shape index (κ3) is 2.93. The minimum absolute atomic E-state index is 0.234. The summed E-state index contributed by atoms with van der Waals surface area (Å²) in [7, 11) is 1.69. The van der Waals surface area contributed by atoms with Crippen molar-refractivity contribution in [2.75, 3.05) is 24.9 Å². The number of halogens is 1. The maximum absolute atomic E-state index is 6.21. The summed E-state index contributed by atoms with van der Waals surface area (Å²) in [6.45, 7) is 0.897. The van der Waals surface area contributed by atoms with Crippen molar-refractivity contribution in [2.45, 2.75) is 25.7 Å². The van der Waals surface area contributed by atoms with E-state index in [-0.39, 0.29) is 5.41 Å². The Morgan fingerprint density at radius 3 is 2.81 bits per heavy atom. The zero-order chi connectivity index (χ0) is 14.7. The summed E-state index contributed by atoms with van der Waals surface area (Å²) in [6.07, 6.45) is 6.83. The molecule has 1 aromatic heterocycles. The van der Waals surface area contributed by atoms with Gasteiger partial charge in [-0.05, 0) is 42.5 Å². The highest BCUT2D eigenvalue weighted by atomic mass is 35.5. The van der Waals surface area contributed by atoms with E-state index >= 15 is 0 Å². The van der Waals surface area contributed by atoms with Crippen LogP contribution in [0.15, 0.2) is 30.5 Å². The van der Waals surface area contributed by atoms with Gasteiger partial charge in [-0.3, -0.25) is 0 Å². The molecule has 4 heteroatoms. The second kappa shape index (κ2) is 6.10. The van der Waals surface area contributed by atoms with E-state index in [2.05, 4.69) is 16.4 Å². The number of rotatable bonds is 5. The monoisotopic (exact) mass is 304 g/mol. The van der Waals surface area contributed by atoms with Gasteiger partial charge in [0.05, 0.1) is 7.11 Å². The summed E-state index contributed by atoms with van der Waals surface area (Å²) in [6, 6.07) is 8.08. The van der Waals surface area contributed by atoms with Gasteiger partial charge in [-0.2, -0.15) is 0 Å². The van der Waals surface area contributed by atoms with Crippen molar-refractivity contribution in [3.05, 3.63) is 30.5 Å². The van der Waals surface area contributed by atoms with Gasteiger partial charge < -0.3 is 10.1 Å². The first kappa shape index (κ1) is 14.5. The van der Waals surface area contributed by atoms with Gasteiger partial charge in [0.15, 0.2) is 0 Å². The Morgan fingerprint density at radius 2 is 2.10 bits per heavy atom. The molecule has 2 aromatic rings. The fourth-order valence-electron chi connectivity index (χ4n) is 3.18. The molecule has 3 nitrogen and oxygen atoms in total. The van der Waals surface area contributed by atoms with Gasteiger partial charge in [0.25, 0.3) is 0 Å². The average molecular weight is 305 g/mol. The van der Waals surface area contributed by atoms with Gasteiger partial charge in [0.1, 0.15) is 11.6 Å². The predicted octanol–water partition coefficient (Wildman–Crippen LogP) is 4.45. The highest BCUT2D eigenvalue weighted by Crippen LogP contribution is 2.39. The van der Waals surface area contributed by atoms with Crippen LogP contribution < -0.4 is 10.1 Å². The van der Waals surface area contributed by atoms with E-state index in [0.29, 0.717) is 0 Å². The SMILES string of the molecule is COc1ccc2c(NCC3(CCl)CCCC3)nccc2c1. The summed E-state index contributed by atoms with van der Waals surface area (Å²) in [4.78, 5) is 4.49. The molecule has 0 aliphatic heterocycles. The van der Waals surface area contributed by atoms with Gasteiger partial charge in [-0.15, -0.1) is 11.6 Å². The van der Waals surface area contributed by atoms with E-state index in [0.717, 1.165) is 34.8 Å². The van der Waals surface area contributed by atoms with Crippen molar-refractivity contribution < 1.29 is 4.74 Å². The molecule has 1 aliphatic carbocycles. The number of alkyl halides is 1. The number of aromatic nitrogens is 1. The van der Waals surface area contributed by atoms with Crippen LogP contribution in [0.2, 0.25) is 0 Å². The molecule has 1 aliphatic rings. The zero-order valence-corrected chi connectivity index (χ0v) is 13.1. The maximum atomic E-state index is 6.21. The zero-order valence-electron chi connectivity index (χ0n) is 12.4. The topological polar surface area (TPSA) is 34.1 Å². The number of pyridine rings is 1. The largest absolute Gasteiger partial charge is 0.497 e. The Bertz CT molecular complexity index is 623. The molecule has 0 radical (unpaired) electrons. The van der Waals surface area contributed by atoms with Crippen LogP contribution in [0.4, 0.5) is 5.82 Å². The van der Waals surface area contributed by atoms with E-state index in [1.165, 1.54) is 25.7 Å². The number of nitrogens with one attached hydrogen (secondary N) is 1. The first-order valence-electron chi connectivity index (χ1n) is 7.49. The number of hydrogen-bond donors (Lipinski definition) is 1. The summed E-state index contributed by atoms with van der Waals surface area (Å²) in [5.74, 6) is 2.53. The number of fused-ring (bicyclic) bond motifs is 1. The van der Waals surface area contributed by atoms with Crippen molar-refractivity contribution in [1.82, 2.24) is 4.98 Å². The summed E-state index contributed by atoms with van der Waals surface area (Å²) >= 11 is 6.21. The molecule has 1 aromatic carbocycles. The number of hydrogen-bond acceptors (Lipinski definition) is 3. The molecule has 0 saturated heterocycles. The number of ether oxygens (including phenoxy) is 1. The van der Waals surface area contributed by atoms with E-state index in [4.69, 9.17) is 16.3 Å². The van der Waals surface area contributed by atoms with Crippen molar-refractivity contribution >= 4 is 28.2 Å². The molecule has 112 valence electrons. The summed E-state index contributed by atoms with van der Waals surface area (Å²) in [5.41, 5.74) is 0.234. The van der Waals surface area contributed by atoms with Gasteiger partial charge >= 0.3 is 0 Å². The standard InChI is InChI=1S/C17H21ClN2O/c1-21-14-4-5-15-13(10-14)6-9-19-16(15)20-12-17(11-18)7-2-3-8-17/h4-6,9-10H,2-3,7-8,11-12H2,1H3,(H,19,20). The van der Waals surface area contributed by atoms with Crippen LogP contribution in [0.25, 0.3) is 10.8 Å². The lowest BCUT2D eigenvalue weighted by Crippen LogP contribution is -2.28. The lowest BCUT2D eigenvalue weighted by Gasteiger charge is -2.27. The molecule has 0 unspecified atom stereocenters. The average Bonchev–Trinajstić information content (AvgIpc) is 3.01. The molecule has 0 atom stereocenters. The number of methoxy groups -OCH3 is 1. The van der Waals surface area contributed by atoms with Crippen LogP contribution >= 0.6 is 11.6 Å². The quantitative estimate of drug-likeness (QED) is 0.828. The Kier molecular flexibility index (Phi) is 4.20. The van der Waals surface area contributed by atoms with Gasteiger partial charge in [0.2, 0.25) is 0 Å². The minimum Gasteiger partial charge on any atom is -0.497 e. The van der Waals surface area contributed by atoms with Crippen LogP contribution in [0.3, 0.4) is 0 Å². The van der Waals surface area contributed by atoms with Crippen molar-refractivity contribution in [2.24, 2.45) is 5.41 Å². The minimum atomic E-state index is 0.234. The molecule has 1 N–H and O–H groups in total. The number of anilines is 1. The molecular formula is C17H21ClN2O. The molecule has 3 rings (SSSR count). The first-order chi connectivity index (χ1) is 10.3. The maximum Gasteiger partial charge on any atom is 0.133 e. The number of benzene rings is 1. The number of nitrogens with zero attached hydrogens (tertiary/aromatic N) is 1. The second-order valence-corrected chi connectivity index (χ2v) is 6.21. The third-order valence-corrected chi connectivity index (χ3v) is 5.12. The lowest BCUT2D eigenvalue weighted by atomic mass is 9.88. The molecule has 0 amide bonds. The van der Waals surface area contributed by atoms with Gasteiger partial charge in [0, 0.05) is 29.4 Å². The van der Waals surface area contributed by atoms with E-state index < -0.39 is 0 Å². The third-order valence-electron chi connectivity index (χ3n) is 4.55. The Morgan fingerprint density at radius 1 is 1.29 bits per heavy atom. The van der Waals surface area contributed by atoms with E-state index in [9.17, 15) is 0 Å². The molecular weight excluding hydrogens is 284 g/mol. The predicted molar refractivity (Wildman–Crippen MR) is 88.4 cm³/mol. The Balaban J connectivity index is 1.83. The van der Waals surface area contributed by atoms with E-state index in [1.54, 1.807) is 7.11 Å². The highest BCUT2D eigenvalue weighted by molar-refractivity contribution is 6.18. The van der Waals surface area contributed by atoms with E-state index in [1.807, 2.05) is 24.4 Å². The second-order valence-electron chi connectivity index (χ2n) is 5.94. The van der Waals surface area contributed by atoms with Gasteiger partial charge in [-0.25, -0.2) is 4.98 Å².